The molecule has 1 spiro atoms. The number of ketones is 1. The number of rotatable bonds is 5. The molecular formula is C24H27NO6. The van der Waals surface area contributed by atoms with Crippen molar-refractivity contribution in [1.29, 1.82) is 0 Å². The highest BCUT2D eigenvalue weighted by Crippen LogP contribution is 2.64. The normalized spacial score (nSPS) is 31.4. The average molecular weight is 425 g/mol. The van der Waals surface area contributed by atoms with Gasteiger partial charge < -0.3 is 20.6 Å². The van der Waals surface area contributed by atoms with Gasteiger partial charge in [0.1, 0.15) is 17.0 Å². The zero-order chi connectivity index (χ0) is 22.6. The Hall–Kier alpha value is -3.09. The molecule has 2 bridgehead atoms. The molecule has 0 aliphatic heterocycles. The third-order valence-corrected chi connectivity index (χ3v) is 7.73. The van der Waals surface area contributed by atoms with Crippen molar-refractivity contribution in [2.45, 2.75) is 45.4 Å². The van der Waals surface area contributed by atoms with Crippen LogP contribution < -0.4 is 5.32 Å². The first-order chi connectivity index (χ1) is 14.6. The fraction of sp³-hybridized carbons (Fsp3) is 0.458. The molecule has 164 valence electrons. The number of anilines is 1. The number of benzene rings is 1. The van der Waals surface area contributed by atoms with Crippen molar-refractivity contribution in [3.8, 4) is 11.5 Å². The Kier molecular flexibility index (Phi) is 4.95. The van der Waals surface area contributed by atoms with E-state index in [1.807, 2.05) is 6.92 Å². The molecule has 7 nitrogen and oxygen atoms in total. The summed E-state index contributed by atoms with van der Waals surface area (Å²) >= 11 is 0. The van der Waals surface area contributed by atoms with Crippen LogP contribution in [0.4, 0.5) is 5.69 Å². The van der Waals surface area contributed by atoms with E-state index < -0.39 is 34.4 Å². The van der Waals surface area contributed by atoms with Gasteiger partial charge in [0.25, 0.3) is 0 Å². The number of amides is 1. The zero-order valence-electron chi connectivity index (χ0n) is 17.5. The zero-order valence-corrected chi connectivity index (χ0v) is 17.5. The van der Waals surface area contributed by atoms with E-state index in [1.165, 1.54) is 5.57 Å². The predicted molar refractivity (Wildman–Crippen MR) is 114 cm³/mol. The third-order valence-electron chi connectivity index (χ3n) is 7.73. The van der Waals surface area contributed by atoms with Gasteiger partial charge in [-0.3, -0.25) is 9.59 Å². The van der Waals surface area contributed by atoms with Crippen LogP contribution in [0.3, 0.4) is 0 Å². The second-order valence-corrected chi connectivity index (χ2v) is 9.42. The maximum Gasteiger partial charge on any atom is 0.339 e. The molecule has 0 heterocycles. The van der Waals surface area contributed by atoms with Crippen LogP contribution in [0.2, 0.25) is 0 Å². The molecule has 1 unspecified atom stereocenters. The summed E-state index contributed by atoms with van der Waals surface area (Å²) in [7, 11) is 0. The van der Waals surface area contributed by atoms with Crippen molar-refractivity contribution in [1.82, 2.24) is 0 Å². The van der Waals surface area contributed by atoms with E-state index in [0.717, 1.165) is 37.8 Å². The monoisotopic (exact) mass is 425 g/mol. The Morgan fingerprint density at radius 3 is 2.71 bits per heavy atom. The molecular weight excluding hydrogens is 398 g/mol. The highest BCUT2D eigenvalue weighted by Gasteiger charge is 2.58. The quantitative estimate of drug-likeness (QED) is 0.417. The van der Waals surface area contributed by atoms with Crippen LogP contribution in [-0.2, 0) is 9.59 Å². The lowest BCUT2D eigenvalue weighted by atomic mass is 9.44. The first kappa shape index (κ1) is 21.2. The molecule has 0 aromatic heterocycles. The van der Waals surface area contributed by atoms with Crippen LogP contribution in [0.1, 0.15) is 55.8 Å². The number of hydrogen-bond donors (Lipinski definition) is 4. The Bertz CT molecular complexity index is 1030. The van der Waals surface area contributed by atoms with Gasteiger partial charge in [-0.2, -0.15) is 0 Å². The van der Waals surface area contributed by atoms with Crippen LogP contribution in [-0.4, -0.2) is 33.0 Å². The molecule has 0 radical (unpaired) electrons. The van der Waals surface area contributed by atoms with E-state index in [1.54, 1.807) is 6.08 Å². The second-order valence-electron chi connectivity index (χ2n) is 9.42. The minimum absolute atomic E-state index is 0.00442. The number of aromatic carboxylic acids is 1. The number of allylic oxidation sites excluding steroid dienone is 3. The summed E-state index contributed by atoms with van der Waals surface area (Å²) in [6.45, 7) is 6.17. The largest absolute Gasteiger partial charge is 0.506 e. The van der Waals surface area contributed by atoms with Gasteiger partial charge in [-0.05, 0) is 67.6 Å². The summed E-state index contributed by atoms with van der Waals surface area (Å²) < 4.78 is 0. The van der Waals surface area contributed by atoms with Crippen molar-refractivity contribution in [3.63, 3.8) is 0 Å². The Balaban J connectivity index is 1.52. The van der Waals surface area contributed by atoms with Gasteiger partial charge in [-0.15, -0.1) is 0 Å². The maximum atomic E-state index is 12.9. The number of hydrogen-bond acceptors (Lipinski definition) is 5. The van der Waals surface area contributed by atoms with Crippen LogP contribution in [0.25, 0.3) is 0 Å². The van der Waals surface area contributed by atoms with Gasteiger partial charge in [-0.25, -0.2) is 4.79 Å². The second kappa shape index (κ2) is 7.25. The van der Waals surface area contributed by atoms with E-state index >= 15 is 0 Å². The van der Waals surface area contributed by atoms with E-state index in [9.17, 15) is 24.6 Å². The summed E-state index contributed by atoms with van der Waals surface area (Å²) in [5, 5.41) is 31.6. The van der Waals surface area contributed by atoms with Gasteiger partial charge in [-0.1, -0.05) is 25.2 Å². The molecule has 1 aromatic rings. The maximum absolute atomic E-state index is 12.9. The topological polar surface area (TPSA) is 124 Å². The number of aromatic hydroxyl groups is 2. The van der Waals surface area contributed by atoms with E-state index in [0.29, 0.717) is 12.3 Å². The fourth-order valence-corrected chi connectivity index (χ4v) is 5.91. The van der Waals surface area contributed by atoms with E-state index in [4.69, 9.17) is 5.11 Å². The number of fused-ring (bicyclic) bond motifs is 2. The highest BCUT2D eigenvalue weighted by molar-refractivity contribution is 6.00. The Morgan fingerprint density at radius 1 is 1.29 bits per heavy atom. The minimum atomic E-state index is -1.38. The predicted octanol–water partition coefficient (Wildman–Crippen LogP) is 4.02. The van der Waals surface area contributed by atoms with Gasteiger partial charge in [0.05, 0.1) is 0 Å². The number of carbonyl (C=O) groups excluding carboxylic acids is 2. The lowest BCUT2D eigenvalue weighted by Crippen LogP contribution is -2.54. The summed E-state index contributed by atoms with van der Waals surface area (Å²) in [5.41, 5.74) is -0.260. The molecule has 4 atom stereocenters. The number of carboxylic acid groups (broad SMARTS) is 1. The smallest absolute Gasteiger partial charge is 0.339 e. The van der Waals surface area contributed by atoms with Crippen molar-refractivity contribution < 1.29 is 29.7 Å². The number of phenols is 2. The molecule has 4 N–H and O–H groups in total. The third kappa shape index (κ3) is 3.32. The van der Waals surface area contributed by atoms with E-state index in [2.05, 4.69) is 18.0 Å². The molecule has 5 rings (SSSR count). The minimum Gasteiger partial charge on any atom is -0.506 e. The van der Waals surface area contributed by atoms with Gasteiger partial charge in [0.2, 0.25) is 5.91 Å². The van der Waals surface area contributed by atoms with Gasteiger partial charge in [0, 0.05) is 11.8 Å². The fourth-order valence-electron chi connectivity index (χ4n) is 5.91. The lowest BCUT2D eigenvalue weighted by Gasteiger charge is -2.59. The van der Waals surface area contributed by atoms with Gasteiger partial charge in [0.15, 0.2) is 11.5 Å². The number of carbonyl (C=O) groups is 3. The Labute approximate surface area is 180 Å². The van der Waals surface area contributed by atoms with Crippen LogP contribution in [0, 0.1) is 22.7 Å². The van der Waals surface area contributed by atoms with Crippen molar-refractivity contribution in [3.05, 3.63) is 42.0 Å². The average Bonchev–Trinajstić information content (AvgIpc) is 2.72. The van der Waals surface area contributed by atoms with Crippen molar-refractivity contribution >= 4 is 23.3 Å². The summed E-state index contributed by atoms with van der Waals surface area (Å²) in [6, 6.07) is 2.16. The van der Waals surface area contributed by atoms with Crippen LogP contribution >= 0.6 is 0 Å². The molecule has 7 heteroatoms. The summed E-state index contributed by atoms with van der Waals surface area (Å²) in [4.78, 5) is 36.8. The van der Waals surface area contributed by atoms with Crippen LogP contribution in [0.15, 0.2) is 36.4 Å². The molecule has 31 heavy (non-hydrogen) atoms. The molecule has 4 aliphatic carbocycles. The number of nitrogens with one attached hydrogen (secondary N) is 1. The lowest BCUT2D eigenvalue weighted by molar-refractivity contribution is -0.136. The van der Waals surface area contributed by atoms with Crippen LogP contribution in [0.5, 0.6) is 11.5 Å². The van der Waals surface area contributed by atoms with Gasteiger partial charge >= 0.3 is 5.97 Å². The SMILES string of the molecule is C=C1C[C@]23C=CC(=O)[C@@](C)(CCC(=O)Nc4c(O)ccc(C(=O)O)c4O)C2C[C@@H]1CC3. The summed E-state index contributed by atoms with van der Waals surface area (Å²) in [6.07, 6.45) is 7.96. The van der Waals surface area contributed by atoms with E-state index in [-0.39, 0.29) is 29.2 Å². The molecule has 4 aliphatic rings. The first-order valence-corrected chi connectivity index (χ1v) is 10.6. The number of carboxylic acids is 1. The molecule has 0 saturated heterocycles. The first-order valence-electron chi connectivity index (χ1n) is 10.6. The molecule has 3 saturated carbocycles. The van der Waals surface area contributed by atoms with Crippen molar-refractivity contribution in [2.75, 3.05) is 5.32 Å². The number of phenolic OH excluding ortho intramolecular Hbond substituents is 1. The van der Waals surface area contributed by atoms with Crippen molar-refractivity contribution in [2.24, 2.45) is 22.7 Å². The highest BCUT2D eigenvalue weighted by atomic mass is 16.4. The molecule has 1 amide bonds. The Morgan fingerprint density at radius 2 is 2.03 bits per heavy atom. The molecule has 3 fully saturated rings. The summed E-state index contributed by atoms with van der Waals surface area (Å²) in [5.74, 6) is -2.42. The standard InChI is InChI=1S/C24H27NO6/c1-13-12-24-9-5-14(13)11-17(24)23(2,18(27)6-10-24)8-7-19(28)25-20-16(26)4-3-15(21(20)29)22(30)31/h3-4,6,10,14,17,26,29H,1,5,7-9,11-12H2,2H3,(H,25,28)(H,30,31)/t14-,17?,23-,24-/m0/s1. The molecule has 1 aromatic carbocycles.